The number of primary sulfonamides is 1. The molecule has 0 aromatic heterocycles. The molecule has 1 heterocycles. The maximum absolute atomic E-state index is 12.7. The van der Waals surface area contributed by atoms with Crippen LogP contribution in [0.5, 0.6) is 0 Å². The van der Waals surface area contributed by atoms with E-state index in [9.17, 15) is 13.2 Å². The minimum atomic E-state index is -3.88. The normalized spacial score (nSPS) is 19.0. The number of carbonyl (C=O) groups excluding carboxylic acids is 1. The smallest absolute Gasteiger partial charge is 0.254 e. The van der Waals surface area contributed by atoms with E-state index in [0.29, 0.717) is 28.7 Å². The minimum absolute atomic E-state index is 0.00816. The van der Waals surface area contributed by atoms with E-state index in [1.54, 1.807) is 17.9 Å². The number of carbonyl (C=O) groups is 1. The van der Waals surface area contributed by atoms with Gasteiger partial charge in [0.2, 0.25) is 10.0 Å². The number of halogens is 1. The summed E-state index contributed by atoms with van der Waals surface area (Å²) in [6.45, 7) is 2.63. The number of hydrogen-bond donors (Lipinski definition) is 2. The molecule has 1 aromatic carbocycles. The summed E-state index contributed by atoms with van der Waals surface area (Å²) in [5, 5.41) is 5.21. The zero-order valence-electron chi connectivity index (χ0n) is 11.7. The largest absolute Gasteiger partial charge is 0.334 e. The van der Waals surface area contributed by atoms with Crippen LogP contribution in [0.1, 0.15) is 28.8 Å². The fourth-order valence-corrected chi connectivity index (χ4v) is 4.11. The lowest BCUT2D eigenvalue weighted by atomic mass is 10.1. The molecule has 0 radical (unpaired) electrons. The molecule has 0 bridgehead atoms. The number of nitrogens with zero attached hydrogens (tertiary/aromatic N) is 1. The third kappa shape index (κ3) is 3.28. The van der Waals surface area contributed by atoms with E-state index in [1.807, 2.05) is 0 Å². The van der Waals surface area contributed by atoms with Gasteiger partial charge in [0.15, 0.2) is 0 Å². The number of rotatable bonds is 3. The van der Waals surface area contributed by atoms with Crippen molar-refractivity contribution in [3.05, 3.63) is 27.7 Å². The first-order valence-electron chi connectivity index (χ1n) is 6.59. The fourth-order valence-electron chi connectivity index (χ4n) is 2.67. The van der Waals surface area contributed by atoms with Crippen molar-refractivity contribution >= 4 is 31.9 Å². The summed E-state index contributed by atoms with van der Waals surface area (Å²) in [5.74, 6) is -0.202. The van der Waals surface area contributed by atoms with Crippen LogP contribution in [0.25, 0.3) is 0 Å². The molecule has 4 N–H and O–H groups in total. The minimum Gasteiger partial charge on any atom is -0.334 e. The highest BCUT2D eigenvalue weighted by atomic mass is 79.9. The lowest BCUT2D eigenvalue weighted by molar-refractivity contribution is 0.0740. The summed E-state index contributed by atoms with van der Waals surface area (Å²) < 4.78 is 23.8. The SMILES string of the molecule is Cc1c(C(=O)N2CCCC2CN)cc(Br)cc1S(N)(=O)=O. The molecular weight excluding hydrogens is 358 g/mol. The van der Waals surface area contributed by atoms with Gasteiger partial charge in [-0.25, -0.2) is 13.6 Å². The van der Waals surface area contributed by atoms with Crippen molar-refractivity contribution in [2.24, 2.45) is 10.9 Å². The Morgan fingerprint density at radius 3 is 2.71 bits per heavy atom. The maximum Gasteiger partial charge on any atom is 0.254 e. The number of amides is 1. The number of likely N-dealkylation sites (tertiary alicyclic amines) is 1. The van der Waals surface area contributed by atoms with Gasteiger partial charge in [-0.2, -0.15) is 0 Å². The van der Waals surface area contributed by atoms with E-state index in [4.69, 9.17) is 10.9 Å². The van der Waals surface area contributed by atoms with Crippen LogP contribution in [-0.2, 0) is 10.0 Å². The van der Waals surface area contributed by atoms with Gasteiger partial charge < -0.3 is 10.6 Å². The Bertz CT molecular complexity index is 675. The molecule has 6 nitrogen and oxygen atoms in total. The Kier molecular flexibility index (Phi) is 4.72. The first-order chi connectivity index (χ1) is 9.75. The van der Waals surface area contributed by atoms with Crippen LogP contribution in [-0.4, -0.2) is 38.4 Å². The monoisotopic (exact) mass is 375 g/mol. The van der Waals surface area contributed by atoms with Gasteiger partial charge in [-0.3, -0.25) is 4.79 Å². The number of nitrogens with two attached hydrogens (primary N) is 2. The second kappa shape index (κ2) is 6.04. The molecule has 21 heavy (non-hydrogen) atoms. The highest BCUT2D eigenvalue weighted by Gasteiger charge is 2.30. The Labute approximate surface area is 132 Å². The first kappa shape index (κ1) is 16.4. The quantitative estimate of drug-likeness (QED) is 0.820. The number of benzene rings is 1. The molecule has 0 spiro atoms. The van der Waals surface area contributed by atoms with Crippen LogP contribution in [0.3, 0.4) is 0 Å². The summed E-state index contributed by atoms with van der Waals surface area (Å²) in [7, 11) is -3.88. The fraction of sp³-hybridized carbons (Fsp3) is 0.462. The van der Waals surface area contributed by atoms with E-state index < -0.39 is 10.0 Å². The average Bonchev–Trinajstić information content (AvgIpc) is 2.87. The molecule has 1 aliphatic rings. The standard InChI is InChI=1S/C13H18BrN3O3S/c1-8-11(5-9(14)6-12(8)21(16,19)20)13(18)17-4-2-3-10(17)7-15/h5-6,10H,2-4,7,15H2,1H3,(H2,16,19,20). The van der Waals surface area contributed by atoms with Crippen LogP contribution in [0.2, 0.25) is 0 Å². The van der Waals surface area contributed by atoms with Crippen molar-refractivity contribution in [3.8, 4) is 0 Å². The third-order valence-corrected chi connectivity index (χ3v) is 5.27. The molecule has 0 aliphatic carbocycles. The highest BCUT2D eigenvalue weighted by Crippen LogP contribution is 2.27. The molecule has 1 unspecified atom stereocenters. The third-order valence-electron chi connectivity index (χ3n) is 3.77. The van der Waals surface area contributed by atoms with Crippen LogP contribution >= 0.6 is 15.9 Å². The van der Waals surface area contributed by atoms with Crippen molar-refractivity contribution in [3.63, 3.8) is 0 Å². The maximum atomic E-state index is 12.7. The second-order valence-electron chi connectivity index (χ2n) is 5.15. The Hall–Kier alpha value is -0.960. The van der Waals surface area contributed by atoms with E-state index in [2.05, 4.69) is 15.9 Å². The van der Waals surface area contributed by atoms with Crippen LogP contribution in [0.4, 0.5) is 0 Å². The molecule has 116 valence electrons. The van der Waals surface area contributed by atoms with Crippen molar-refractivity contribution in [2.45, 2.75) is 30.7 Å². The molecule has 0 saturated carbocycles. The summed E-state index contributed by atoms with van der Waals surface area (Å²) >= 11 is 3.23. The second-order valence-corrected chi connectivity index (χ2v) is 7.60. The predicted molar refractivity (Wildman–Crippen MR) is 83.4 cm³/mol. The van der Waals surface area contributed by atoms with E-state index in [0.717, 1.165) is 12.8 Å². The predicted octanol–water partition coefficient (Wildman–Crippen LogP) is 0.968. The average molecular weight is 376 g/mol. The van der Waals surface area contributed by atoms with E-state index >= 15 is 0 Å². The molecule has 1 atom stereocenters. The lowest BCUT2D eigenvalue weighted by Gasteiger charge is -2.24. The van der Waals surface area contributed by atoms with E-state index in [1.165, 1.54) is 6.07 Å². The molecule has 1 aromatic rings. The molecule has 2 rings (SSSR count). The van der Waals surface area contributed by atoms with Crippen molar-refractivity contribution < 1.29 is 13.2 Å². The summed E-state index contributed by atoms with van der Waals surface area (Å²) in [6, 6.07) is 3.04. The first-order valence-corrected chi connectivity index (χ1v) is 8.93. The molecule has 1 saturated heterocycles. The van der Waals surface area contributed by atoms with Gasteiger partial charge in [-0.1, -0.05) is 15.9 Å². The summed E-state index contributed by atoms with van der Waals surface area (Å²) in [5.41, 5.74) is 6.40. The lowest BCUT2D eigenvalue weighted by Crippen LogP contribution is -2.40. The number of hydrogen-bond acceptors (Lipinski definition) is 4. The molecule has 1 aliphatic heterocycles. The topological polar surface area (TPSA) is 106 Å². The van der Waals surface area contributed by atoms with E-state index in [-0.39, 0.29) is 16.8 Å². The number of sulfonamides is 1. The van der Waals surface area contributed by atoms with Crippen LogP contribution in [0.15, 0.2) is 21.5 Å². The zero-order chi connectivity index (χ0) is 15.8. The molecule has 1 fully saturated rings. The van der Waals surface area contributed by atoms with Gasteiger partial charge in [-0.05, 0) is 37.5 Å². The Morgan fingerprint density at radius 2 is 2.14 bits per heavy atom. The highest BCUT2D eigenvalue weighted by molar-refractivity contribution is 9.10. The van der Waals surface area contributed by atoms with Gasteiger partial charge >= 0.3 is 0 Å². The van der Waals surface area contributed by atoms with Gasteiger partial charge in [0.05, 0.1) is 4.90 Å². The molecular formula is C13H18BrN3O3S. The van der Waals surface area contributed by atoms with Crippen LogP contribution < -0.4 is 10.9 Å². The van der Waals surface area contributed by atoms with Gasteiger partial charge in [-0.15, -0.1) is 0 Å². The summed E-state index contributed by atoms with van der Waals surface area (Å²) in [6.07, 6.45) is 1.78. The Balaban J connectivity index is 2.49. The van der Waals surface area contributed by atoms with Crippen LogP contribution in [0, 0.1) is 6.92 Å². The van der Waals surface area contributed by atoms with Crippen molar-refractivity contribution in [1.82, 2.24) is 4.90 Å². The summed E-state index contributed by atoms with van der Waals surface area (Å²) in [4.78, 5) is 14.4. The molecule has 1 amide bonds. The Morgan fingerprint density at radius 1 is 1.48 bits per heavy atom. The van der Waals surface area contributed by atoms with Gasteiger partial charge in [0.1, 0.15) is 0 Å². The zero-order valence-corrected chi connectivity index (χ0v) is 14.1. The van der Waals surface area contributed by atoms with Crippen molar-refractivity contribution in [1.29, 1.82) is 0 Å². The van der Waals surface area contributed by atoms with Gasteiger partial charge in [0, 0.05) is 29.2 Å². The van der Waals surface area contributed by atoms with Crippen molar-refractivity contribution in [2.75, 3.05) is 13.1 Å². The van der Waals surface area contributed by atoms with Gasteiger partial charge in [0.25, 0.3) is 5.91 Å². The molecule has 8 heteroatoms.